The summed E-state index contributed by atoms with van der Waals surface area (Å²) in [5.41, 5.74) is 2.83. The summed E-state index contributed by atoms with van der Waals surface area (Å²) in [4.78, 5) is 33.6. The SMILES string of the molecule is O=C(CNC(=O)Nc1cccc(Cl)c1Cl)N/N=C/c1cccc([N+](=O)[O-])c1. The number of hydrazone groups is 1. The van der Waals surface area contributed by atoms with Gasteiger partial charge in [0, 0.05) is 17.7 Å². The molecule has 0 spiro atoms. The van der Waals surface area contributed by atoms with E-state index < -0.39 is 16.9 Å². The van der Waals surface area contributed by atoms with Gasteiger partial charge in [-0.2, -0.15) is 5.10 Å². The Morgan fingerprint density at radius 1 is 1.19 bits per heavy atom. The third kappa shape index (κ3) is 6.24. The zero-order valence-corrected chi connectivity index (χ0v) is 15.1. The number of hydrogen-bond donors (Lipinski definition) is 3. The monoisotopic (exact) mass is 409 g/mol. The van der Waals surface area contributed by atoms with Crippen molar-refractivity contribution in [2.45, 2.75) is 0 Å². The number of nitrogens with one attached hydrogen (secondary N) is 3. The molecule has 0 aliphatic heterocycles. The topological polar surface area (TPSA) is 126 Å². The number of urea groups is 1. The molecule has 0 atom stereocenters. The molecular formula is C16H13Cl2N5O4. The number of rotatable bonds is 6. The fraction of sp³-hybridized carbons (Fsp3) is 0.0625. The molecule has 0 aromatic heterocycles. The highest BCUT2D eigenvalue weighted by Crippen LogP contribution is 2.29. The van der Waals surface area contributed by atoms with Gasteiger partial charge in [0.2, 0.25) is 0 Å². The molecule has 0 aliphatic rings. The van der Waals surface area contributed by atoms with Gasteiger partial charge >= 0.3 is 6.03 Å². The van der Waals surface area contributed by atoms with Crippen LogP contribution in [-0.4, -0.2) is 29.6 Å². The van der Waals surface area contributed by atoms with E-state index >= 15 is 0 Å². The minimum atomic E-state index is -0.656. The zero-order valence-electron chi connectivity index (χ0n) is 13.6. The molecule has 27 heavy (non-hydrogen) atoms. The number of nitro benzene ring substituents is 1. The van der Waals surface area contributed by atoms with E-state index in [0.717, 1.165) is 0 Å². The van der Waals surface area contributed by atoms with Crippen LogP contribution in [0.2, 0.25) is 10.0 Å². The number of benzene rings is 2. The molecule has 11 heteroatoms. The molecule has 0 aliphatic carbocycles. The average molecular weight is 410 g/mol. The van der Waals surface area contributed by atoms with Crippen LogP contribution in [0.1, 0.15) is 5.56 Å². The number of hydrogen-bond acceptors (Lipinski definition) is 5. The lowest BCUT2D eigenvalue weighted by Gasteiger charge is -2.09. The summed E-state index contributed by atoms with van der Waals surface area (Å²) in [7, 11) is 0. The Hall–Kier alpha value is -3.17. The number of carbonyl (C=O) groups excluding carboxylic acids is 2. The smallest absolute Gasteiger partial charge is 0.319 e. The number of carbonyl (C=O) groups is 2. The largest absolute Gasteiger partial charge is 0.329 e. The molecule has 3 N–H and O–H groups in total. The Balaban J connectivity index is 1.80. The Morgan fingerprint density at radius 3 is 2.67 bits per heavy atom. The first kappa shape index (κ1) is 20.1. The molecule has 0 fully saturated rings. The highest BCUT2D eigenvalue weighted by atomic mass is 35.5. The Labute approximate surface area is 163 Å². The molecule has 2 rings (SSSR count). The van der Waals surface area contributed by atoms with Crippen LogP contribution in [0.5, 0.6) is 0 Å². The Bertz CT molecular complexity index is 904. The second-order valence-electron chi connectivity index (χ2n) is 5.05. The summed E-state index contributed by atoms with van der Waals surface area (Å²) < 4.78 is 0. The quantitative estimate of drug-likeness (QED) is 0.384. The number of non-ortho nitro benzene ring substituents is 1. The summed E-state index contributed by atoms with van der Waals surface area (Å²) >= 11 is 11.8. The molecular weight excluding hydrogens is 397 g/mol. The van der Waals surface area contributed by atoms with Crippen molar-refractivity contribution in [3.63, 3.8) is 0 Å². The molecule has 9 nitrogen and oxygen atoms in total. The number of amides is 3. The lowest BCUT2D eigenvalue weighted by Crippen LogP contribution is -2.37. The van der Waals surface area contributed by atoms with E-state index in [1.807, 2.05) is 0 Å². The van der Waals surface area contributed by atoms with E-state index in [0.29, 0.717) is 11.3 Å². The van der Waals surface area contributed by atoms with Crippen molar-refractivity contribution < 1.29 is 14.5 Å². The molecule has 3 amide bonds. The zero-order chi connectivity index (χ0) is 19.8. The van der Waals surface area contributed by atoms with E-state index in [2.05, 4.69) is 21.2 Å². The third-order valence-electron chi connectivity index (χ3n) is 3.09. The average Bonchev–Trinajstić information content (AvgIpc) is 2.64. The van der Waals surface area contributed by atoms with Crippen LogP contribution in [0.25, 0.3) is 0 Å². The van der Waals surface area contributed by atoms with Crippen LogP contribution < -0.4 is 16.1 Å². The van der Waals surface area contributed by atoms with Crippen LogP contribution >= 0.6 is 23.2 Å². The van der Waals surface area contributed by atoms with Crippen LogP contribution in [0, 0.1) is 10.1 Å². The summed E-state index contributed by atoms with van der Waals surface area (Å²) in [6.07, 6.45) is 1.25. The fourth-order valence-electron chi connectivity index (χ4n) is 1.86. The minimum Gasteiger partial charge on any atom is -0.329 e. The predicted molar refractivity (Wildman–Crippen MR) is 102 cm³/mol. The van der Waals surface area contributed by atoms with Crippen LogP contribution in [0.3, 0.4) is 0 Å². The molecule has 0 heterocycles. The number of halogens is 2. The Kier molecular flexibility index (Phi) is 7.09. The summed E-state index contributed by atoms with van der Waals surface area (Å²) in [6.45, 7) is -0.351. The fourth-order valence-corrected chi connectivity index (χ4v) is 2.21. The number of nitro groups is 1. The lowest BCUT2D eigenvalue weighted by atomic mass is 10.2. The second kappa shape index (κ2) is 9.51. The molecule has 2 aromatic rings. The standard InChI is InChI=1S/C16H13Cl2N5O4/c17-12-5-2-6-13(15(12)18)21-16(25)19-9-14(24)22-20-8-10-3-1-4-11(7-10)23(26)27/h1-8H,9H2,(H,22,24)(H2,19,21,25)/b20-8+. The van der Waals surface area contributed by atoms with E-state index in [1.54, 1.807) is 24.3 Å². The molecule has 0 saturated heterocycles. The van der Waals surface area contributed by atoms with Gasteiger partial charge in [-0.1, -0.05) is 41.4 Å². The maximum absolute atomic E-state index is 11.8. The molecule has 140 valence electrons. The maximum Gasteiger partial charge on any atom is 0.319 e. The van der Waals surface area contributed by atoms with Gasteiger partial charge in [-0.3, -0.25) is 14.9 Å². The van der Waals surface area contributed by atoms with Crippen molar-refractivity contribution in [3.05, 3.63) is 68.2 Å². The molecule has 2 aromatic carbocycles. The van der Waals surface area contributed by atoms with Gasteiger partial charge in [0.05, 0.1) is 26.9 Å². The van der Waals surface area contributed by atoms with E-state index in [1.165, 1.54) is 24.4 Å². The molecule has 0 unspecified atom stereocenters. The first-order valence-electron chi connectivity index (χ1n) is 7.42. The predicted octanol–water partition coefficient (Wildman–Crippen LogP) is 3.17. The Morgan fingerprint density at radius 2 is 1.93 bits per heavy atom. The van der Waals surface area contributed by atoms with E-state index in [9.17, 15) is 19.7 Å². The third-order valence-corrected chi connectivity index (χ3v) is 3.91. The van der Waals surface area contributed by atoms with E-state index in [-0.39, 0.29) is 22.3 Å². The van der Waals surface area contributed by atoms with Crippen molar-refractivity contribution >= 4 is 52.7 Å². The van der Waals surface area contributed by atoms with Gasteiger partial charge in [-0.05, 0) is 12.1 Å². The molecule has 0 saturated carbocycles. The normalized spacial score (nSPS) is 10.4. The van der Waals surface area contributed by atoms with Crippen molar-refractivity contribution in [3.8, 4) is 0 Å². The summed E-state index contributed by atoms with van der Waals surface area (Å²) in [5, 5.41) is 19.6. The number of anilines is 1. The van der Waals surface area contributed by atoms with Gasteiger partial charge < -0.3 is 10.6 Å². The minimum absolute atomic E-state index is 0.0942. The summed E-state index contributed by atoms with van der Waals surface area (Å²) in [5.74, 6) is -0.593. The van der Waals surface area contributed by atoms with Crippen molar-refractivity contribution in [1.82, 2.24) is 10.7 Å². The lowest BCUT2D eigenvalue weighted by molar-refractivity contribution is -0.384. The van der Waals surface area contributed by atoms with Gasteiger partial charge in [0.1, 0.15) is 6.54 Å². The first-order chi connectivity index (χ1) is 12.9. The van der Waals surface area contributed by atoms with Crippen LogP contribution in [-0.2, 0) is 4.79 Å². The molecule has 0 bridgehead atoms. The highest BCUT2D eigenvalue weighted by Gasteiger charge is 2.09. The highest BCUT2D eigenvalue weighted by molar-refractivity contribution is 6.43. The maximum atomic E-state index is 11.8. The van der Waals surface area contributed by atoms with E-state index in [4.69, 9.17) is 23.2 Å². The van der Waals surface area contributed by atoms with Crippen molar-refractivity contribution in [2.24, 2.45) is 5.10 Å². The van der Waals surface area contributed by atoms with Gasteiger partial charge in [0.25, 0.3) is 11.6 Å². The van der Waals surface area contributed by atoms with Gasteiger partial charge in [-0.25, -0.2) is 10.2 Å². The second-order valence-corrected chi connectivity index (χ2v) is 5.84. The summed E-state index contributed by atoms with van der Waals surface area (Å²) in [6, 6.07) is 9.80. The molecule has 0 radical (unpaired) electrons. The first-order valence-corrected chi connectivity index (χ1v) is 8.17. The van der Waals surface area contributed by atoms with Crippen molar-refractivity contribution in [2.75, 3.05) is 11.9 Å². The van der Waals surface area contributed by atoms with Gasteiger partial charge in [0.15, 0.2) is 0 Å². The number of nitrogens with zero attached hydrogens (tertiary/aromatic N) is 2. The van der Waals surface area contributed by atoms with Crippen LogP contribution in [0.15, 0.2) is 47.6 Å². The van der Waals surface area contributed by atoms with Crippen LogP contribution in [0.4, 0.5) is 16.2 Å². The van der Waals surface area contributed by atoms with Crippen molar-refractivity contribution in [1.29, 1.82) is 0 Å². The van der Waals surface area contributed by atoms with Gasteiger partial charge in [-0.15, -0.1) is 0 Å².